The van der Waals surface area contributed by atoms with E-state index in [0.29, 0.717) is 30.2 Å². The highest BCUT2D eigenvalue weighted by molar-refractivity contribution is 7.17. The molecule has 1 atom stereocenters. The van der Waals surface area contributed by atoms with Crippen LogP contribution in [0.5, 0.6) is 5.88 Å². The van der Waals surface area contributed by atoms with Crippen molar-refractivity contribution in [3.63, 3.8) is 0 Å². The number of ether oxygens (including phenoxy) is 1. The van der Waals surface area contributed by atoms with E-state index in [4.69, 9.17) is 4.74 Å². The molecule has 1 unspecified atom stereocenters. The first kappa shape index (κ1) is 15.6. The molecule has 0 bridgehead atoms. The molecule has 128 valence electrons. The van der Waals surface area contributed by atoms with E-state index in [0.717, 1.165) is 11.1 Å². The first-order valence-electron chi connectivity index (χ1n) is 7.82. The quantitative estimate of drug-likeness (QED) is 0.748. The molecule has 7 nitrogen and oxygen atoms in total. The number of hydrogen-bond donors (Lipinski definition) is 2. The number of nitrogens with zero attached hydrogens (tertiary/aromatic N) is 2. The number of amides is 1. The van der Waals surface area contributed by atoms with Crippen LogP contribution in [-0.2, 0) is 0 Å². The Morgan fingerprint density at radius 3 is 3.04 bits per heavy atom. The van der Waals surface area contributed by atoms with Gasteiger partial charge in [-0.3, -0.25) is 4.79 Å². The zero-order valence-electron chi connectivity index (χ0n) is 13.1. The van der Waals surface area contributed by atoms with Gasteiger partial charge in [0.25, 0.3) is 5.91 Å². The molecule has 4 rings (SSSR count). The maximum atomic E-state index is 12.7. The Hall–Kier alpha value is -2.87. The average molecular weight is 357 g/mol. The fourth-order valence-corrected chi connectivity index (χ4v) is 3.88. The molecule has 1 saturated heterocycles. The standard InChI is InChI=1S/C17H15N3O4S/c21-16(12-7-13-15(19-12)11(9-25-13)17(22)23)20-6-4-10(8-20)24-14-3-1-2-5-18-14/h1-3,5,7,9-10,19H,4,6,8H2,(H,22,23). The Morgan fingerprint density at radius 2 is 2.28 bits per heavy atom. The summed E-state index contributed by atoms with van der Waals surface area (Å²) in [7, 11) is 0. The third kappa shape index (κ3) is 2.96. The van der Waals surface area contributed by atoms with Crippen molar-refractivity contribution in [1.82, 2.24) is 14.9 Å². The molecule has 3 aromatic rings. The maximum absolute atomic E-state index is 12.7. The second-order valence-electron chi connectivity index (χ2n) is 5.82. The van der Waals surface area contributed by atoms with E-state index < -0.39 is 5.97 Å². The van der Waals surface area contributed by atoms with Crippen molar-refractivity contribution >= 4 is 33.4 Å². The number of rotatable bonds is 4. The number of carbonyl (C=O) groups is 2. The minimum absolute atomic E-state index is 0.0930. The number of carbonyl (C=O) groups excluding carboxylic acids is 1. The SMILES string of the molecule is O=C(O)c1csc2cc(C(=O)N3CCC(Oc4ccccn4)C3)[nH]c12. The molecule has 0 radical (unpaired) electrons. The number of aromatic nitrogens is 2. The van der Waals surface area contributed by atoms with Gasteiger partial charge < -0.3 is 19.7 Å². The van der Waals surface area contributed by atoms with E-state index in [2.05, 4.69) is 9.97 Å². The first-order valence-corrected chi connectivity index (χ1v) is 8.70. The van der Waals surface area contributed by atoms with Crippen LogP contribution < -0.4 is 4.74 Å². The molecular weight excluding hydrogens is 342 g/mol. The molecule has 8 heteroatoms. The van der Waals surface area contributed by atoms with Gasteiger partial charge >= 0.3 is 5.97 Å². The Balaban J connectivity index is 1.47. The van der Waals surface area contributed by atoms with Crippen molar-refractivity contribution in [2.75, 3.05) is 13.1 Å². The molecule has 2 N–H and O–H groups in total. The molecule has 0 saturated carbocycles. The Bertz CT molecular complexity index is 934. The number of thiophene rings is 1. The molecule has 0 aromatic carbocycles. The van der Waals surface area contributed by atoms with Gasteiger partial charge in [0.2, 0.25) is 5.88 Å². The summed E-state index contributed by atoms with van der Waals surface area (Å²) in [5.41, 5.74) is 1.10. The predicted octanol–water partition coefficient (Wildman–Crippen LogP) is 2.62. The topological polar surface area (TPSA) is 95.5 Å². The molecule has 4 heterocycles. The van der Waals surface area contributed by atoms with Gasteiger partial charge in [-0.2, -0.15) is 0 Å². The molecule has 1 amide bonds. The molecular formula is C17H15N3O4S. The number of aromatic carboxylic acids is 1. The lowest BCUT2D eigenvalue weighted by molar-refractivity contribution is 0.0697. The maximum Gasteiger partial charge on any atom is 0.338 e. The monoisotopic (exact) mass is 357 g/mol. The Morgan fingerprint density at radius 1 is 1.40 bits per heavy atom. The smallest absolute Gasteiger partial charge is 0.338 e. The fraction of sp³-hybridized carbons (Fsp3) is 0.235. The lowest BCUT2D eigenvalue weighted by atomic mass is 10.3. The number of carboxylic acid groups (broad SMARTS) is 1. The third-order valence-electron chi connectivity index (χ3n) is 4.17. The number of hydrogen-bond acceptors (Lipinski definition) is 5. The number of nitrogens with one attached hydrogen (secondary N) is 1. The van der Waals surface area contributed by atoms with Crippen LogP contribution in [0.15, 0.2) is 35.8 Å². The van der Waals surface area contributed by atoms with Crippen LogP contribution in [0.2, 0.25) is 0 Å². The minimum atomic E-state index is -1.00. The highest BCUT2D eigenvalue weighted by atomic mass is 32.1. The van der Waals surface area contributed by atoms with Gasteiger partial charge in [-0.05, 0) is 12.1 Å². The average Bonchev–Trinajstić information content (AvgIpc) is 3.30. The number of fused-ring (bicyclic) bond motifs is 1. The van der Waals surface area contributed by atoms with E-state index in [1.54, 1.807) is 28.6 Å². The van der Waals surface area contributed by atoms with Crippen LogP contribution in [0.25, 0.3) is 10.2 Å². The van der Waals surface area contributed by atoms with E-state index in [1.165, 1.54) is 11.3 Å². The Labute approximate surface area is 146 Å². The van der Waals surface area contributed by atoms with Gasteiger partial charge in [0.05, 0.1) is 22.3 Å². The van der Waals surface area contributed by atoms with Crippen molar-refractivity contribution in [2.45, 2.75) is 12.5 Å². The summed E-state index contributed by atoms with van der Waals surface area (Å²) in [6.07, 6.45) is 2.31. The van der Waals surface area contributed by atoms with E-state index in [1.807, 2.05) is 12.1 Å². The normalized spacial score (nSPS) is 17.1. The predicted molar refractivity (Wildman–Crippen MR) is 92.3 cm³/mol. The summed E-state index contributed by atoms with van der Waals surface area (Å²) in [6.45, 7) is 1.07. The third-order valence-corrected chi connectivity index (χ3v) is 5.10. The van der Waals surface area contributed by atoms with Crippen LogP contribution in [0, 0.1) is 0 Å². The van der Waals surface area contributed by atoms with Crippen LogP contribution in [0.3, 0.4) is 0 Å². The fourth-order valence-electron chi connectivity index (χ4n) is 2.95. The molecule has 1 aliphatic rings. The molecule has 0 aliphatic carbocycles. The van der Waals surface area contributed by atoms with Gasteiger partial charge in [-0.15, -0.1) is 11.3 Å². The van der Waals surface area contributed by atoms with Crippen molar-refractivity contribution in [3.05, 3.63) is 47.1 Å². The summed E-state index contributed by atoms with van der Waals surface area (Å²) in [5.74, 6) is -0.600. The lowest BCUT2D eigenvalue weighted by Gasteiger charge is -2.16. The highest BCUT2D eigenvalue weighted by Gasteiger charge is 2.29. The van der Waals surface area contributed by atoms with Crippen molar-refractivity contribution < 1.29 is 19.4 Å². The second-order valence-corrected chi connectivity index (χ2v) is 6.74. The molecule has 1 fully saturated rings. The van der Waals surface area contributed by atoms with Crippen LogP contribution in [-0.4, -0.2) is 51.0 Å². The summed E-state index contributed by atoms with van der Waals surface area (Å²) >= 11 is 1.31. The van der Waals surface area contributed by atoms with Crippen LogP contribution in [0.1, 0.15) is 27.3 Å². The second kappa shape index (κ2) is 6.21. The molecule has 1 aliphatic heterocycles. The summed E-state index contributed by atoms with van der Waals surface area (Å²) in [6, 6.07) is 7.17. The molecule has 0 spiro atoms. The van der Waals surface area contributed by atoms with Gasteiger partial charge in [0, 0.05) is 30.6 Å². The van der Waals surface area contributed by atoms with Crippen LogP contribution in [0.4, 0.5) is 0 Å². The summed E-state index contributed by atoms with van der Waals surface area (Å²) in [5, 5.41) is 10.7. The zero-order chi connectivity index (χ0) is 17.4. The number of aromatic amines is 1. The minimum Gasteiger partial charge on any atom is -0.478 e. The first-order chi connectivity index (χ1) is 12.1. The van der Waals surface area contributed by atoms with Gasteiger partial charge in [0.1, 0.15) is 11.8 Å². The van der Waals surface area contributed by atoms with Gasteiger partial charge in [0.15, 0.2) is 0 Å². The van der Waals surface area contributed by atoms with Gasteiger partial charge in [-0.1, -0.05) is 6.07 Å². The largest absolute Gasteiger partial charge is 0.478 e. The zero-order valence-corrected chi connectivity index (χ0v) is 14.0. The Kier molecular flexibility index (Phi) is 3.89. The van der Waals surface area contributed by atoms with Crippen molar-refractivity contribution in [1.29, 1.82) is 0 Å². The number of carboxylic acids is 1. The van der Waals surface area contributed by atoms with Crippen LogP contribution >= 0.6 is 11.3 Å². The lowest BCUT2D eigenvalue weighted by Crippen LogP contribution is -2.31. The van der Waals surface area contributed by atoms with E-state index >= 15 is 0 Å². The van der Waals surface area contributed by atoms with Gasteiger partial charge in [-0.25, -0.2) is 9.78 Å². The highest BCUT2D eigenvalue weighted by Crippen LogP contribution is 2.28. The number of H-pyrrole nitrogens is 1. The molecule has 3 aromatic heterocycles. The van der Waals surface area contributed by atoms with E-state index in [9.17, 15) is 14.7 Å². The van der Waals surface area contributed by atoms with Crippen molar-refractivity contribution in [2.24, 2.45) is 0 Å². The number of likely N-dealkylation sites (tertiary alicyclic amines) is 1. The van der Waals surface area contributed by atoms with E-state index in [-0.39, 0.29) is 17.6 Å². The van der Waals surface area contributed by atoms with Crippen molar-refractivity contribution in [3.8, 4) is 5.88 Å². The number of pyridine rings is 1. The summed E-state index contributed by atoms with van der Waals surface area (Å²) < 4.78 is 6.56. The summed E-state index contributed by atoms with van der Waals surface area (Å²) in [4.78, 5) is 32.7. The molecule has 25 heavy (non-hydrogen) atoms.